The SMILES string of the molecule is Cc1ccc(NC(=O)c2nn(C(=O)CCC(=O)O)c(Cl)c2Cl)c(Cl)c1. The Hall–Kier alpha value is -2.09. The summed E-state index contributed by atoms with van der Waals surface area (Å²) in [5, 5.41) is 14.8. The summed E-state index contributed by atoms with van der Waals surface area (Å²) in [5.41, 5.74) is 0.987. The van der Waals surface area contributed by atoms with Gasteiger partial charge in [-0.25, -0.2) is 0 Å². The third kappa shape index (κ3) is 4.50. The number of rotatable bonds is 5. The second-order valence-corrected chi connectivity index (χ2v) is 6.23. The maximum atomic E-state index is 12.3. The number of amides is 1. The molecule has 0 fully saturated rings. The largest absolute Gasteiger partial charge is 0.481 e. The van der Waals surface area contributed by atoms with Crippen LogP contribution in [0.3, 0.4) is 0 Å². The molecule has 0 aliphatic carbocycles. The van der Waals surface area contributed by atoms with Crippen LogP contribution in [-0.2, 0) is 4.79 Å². The molecule has 0 bridgehead atoms. The Bertz CT molecular complexity index is 864. The van der Waals surface area contributed by atoms with Crippen molar-refractivity contribution >= 4 is 58.3 Å². The summed E-state index contributed by atoms with van der Waals surface area (Å²) >= 11 is 17.9. The fourth-order valence-corrected chi connectivity index (χ4v) is 2.62. The molecule has 1 amide bonds. The van der Waals surface area contributed by atoms with E-state index in [1.54, 1.807) is 18.2 Å². The first-order valence-electron chi connectivity index (χ1n) is 6.97. The van der Waals surface area contributed by atoms with E-state index in [9.17, 15) is 14.4 Å². The van der Waals surface area contributed by atoms with E-state index in [4.69, 9.17) is 39.9 Å². The fraction of sp³-hybridized carbons (Fsp3) is 0.200. The van der Waals surface area contributed by atoms with Crippen molar-refractivity contribution in [2.24, 2.45) is 0 Å². The summed E-state index contributed by atoms with van der Waals surface area (Å²) in [4.78, 5) is 34.8. The van der Waals surface area contributed by atoms with E-state index < -0.39 is 24.2 Å². The van der Waals surface area contributed by atoms with Crippen molar-refractivity contribution in [3.63, 3.8) is 0 Å². The number of anilines is 1. The molecule has 0 radical (unpaired) electrons. The number of aliphatic carboxylic acids is 1. The van der Waals surface area contributed by atoms with Crippen molar-refractivity contribution in [3.05, 3.63) is 44.7 Å². The maximum absolute atomic E-state index is 12.3. The second-order valence-electron chi connectivity index (χ2n) is 5.09. The number of carbonyl (C=O) groups excluding carboxylic acids is 2. The van der Waals surface area contributed by atoms with Crippen LogP contribution in [0.15, 0.2) is 18.2 Å². The van der Waals surface area contributed by atoms with Gasteiger partial charge in [0.15, 0.2) is 10.8 Å². The van der Waals surface area contributed by atoms with Crippen molar-refractivity contribution in [2.75, 3.05) is 5.32 Å². The Kier molecular flexibility index (Phi) is 6.05. The van der Waals surface area contributed by atoms with Crippen molar-refractivity contribution in [1.29, 1.82) is 0 Å². The van der Waals surface area contributed by atoms with Gasteiger partial charge in [-0.2, -0.15) is 9.78 Å². The van der Waals surface area contributed by atoms with Gasteiger partial charge >= 0.3 is 5.97 Å². The van der Waals surface area contributed by atoms with Crippen LogP contribution < -0.4 is 5.32 Å². The fourth-order valence-electron chi connectivity index (χ4n) is 1.91. The minimum Gasteiger partial charge on any atom is -0.481 e. The monoisotopic (exact) mass is 403 g/mol. The Morgan fingerprint density at radius 3 is 2.48 bits per heavy atom. The van der Waals surface area contributed by atoms with Crippen molar-refractivity contribution in [3.8, 4) is 0 Å². The predicted octanol–water partition coefficient (Wildman–Crippen LogP) is 3.91. The number of benzene rings is 1. The zero-order valence-electron chi connectivity index (χ0n) is 12.8. The highest BCUT2D eigenvalue weighted by Gasteiger charge is 2.24. The first-order chi connectivity index (χ1) is 11.7. The van der Waals surface area contributed by atoms with Crippen molar-refractivity contribution in [1.82, 2.24) is 9.78 Å². The predicted molar refractivity (Wildman–Crippen MR) is 93.9 cm³/mol. The van der Waals surface area contributed by atoms with E-state index >= 15 is 0 Å². The molecule has 25 heavy (non-hydrogen) atoms. The van der Waals surface area contributed by atoms with Gasteiger partial charge in [0.2, 0.25) is 5.91 Å². The quantitative estimate of drug-likeness (QED) is 0.787. The molecular weight excluding hydrogens is 393 g/mol. The molecule has 0 aliphatic rings. The van der Waals surface area contributed by atoms with E-state index in [0.29, 0.717) is 15.4 Å². The normalized spacial score (nSPS) is 10.6. The number of nitrogens with zero attached hydrogens (tertiary/aromatic N) is 2. The van der Waals surface area contributed by atoms with E-state index in [0.717, 1.165) is 5.56 Å². The van der Waals surface area contributed by atoms with Gasteiger partial charge in [0.25, 0.3) is 5.91 Å². The lowest BCUT2D eigenvalue weighted by Gasteiger charge is -2.06. The van der Waals surface area contributed by atoms with Crippen LogP contribution in [0.5, 0.6) is 0 Å². The molecule has 0 spiro atoms. The van der Waals surface area contributed by atoms with Crippen LogP contribution in [-0.4, -0.2) is 32.7 Å². The molecule has 1 heterocycles. The minimum absolute atomic E-state index is 0.217. The van der Waals surface area contributed by atoms with E-state index in [1.807, 2.05) is 6.92 Å². The topological polar surface area (TPSA) is 101 Å². The molecular formula is C15H12Cl3N3O4. The van der Waals surface area contributed by atoms with Gasteiger partial charge in [-0.3, -0.25) is 14.4 Å². The molecule has 2 aromatic rings. The van der Waals surface area contributed by atoms with Gasteiger partial charge in [0.05, 0.1) is 17.1 Å². The van der Waals surface area contributed by atoms with Gasteiger partial charge in [-0.15, -0.1) is 0 Å². The van der Waals surface area contributed by atoms with Crippen molar-refractivity contribution in [2.45, 2.75) is 19.8 Å². The number of aryl methyl sites for hydroxylation is 1. The first kappa shape index (κ1) is 19.2. The zero-order valence-corrected chi connectivity index (χ0v) is 15.1. The zero-order chi connectivity index (χ0) is 18.7. The van der Waals surface area contributed by atoms with Crippen LogP contribution in [0.1, 0.15) is 33.7 Å². The summed E-state index contributed by atoms with van der Waals surface area (Å²) in [6, 6.07) is 5.03. The highest BCUT2D eigenvalue weighted by atomic mass is 35.5. The third-order valence-electron chi connectivity index (χ3n) is 3.15. The van der Waals surface area contributed by atoms with E-state index in [1.165, 1.54) is 0 Å². The second kappa shape index (κ2) is 7.86. The maximum Gasteiger partial charge on any atom is 0.303 e. The number of nitrogens with one attached hydrogen (secondary N) is 1. The summed E-state index contributed by atoms with van der Waals surface area (Å²) < 4.78 is 0.707. The number of hydrogen-bond acceptors (Lipinski definition) is 4. The lowest BCUT2D eigenvalue weighted by atomic mass is 10.2. The average molecular weight is 405 g/mol. The van der Waals surface area contributed by atoms with Crippen LogP contribution in [0, 0.1) is 6.92 Å². The van der Waals surface area contributed by atoms with Crippen LogP contribution in [0.25, 0.3) is 0 Å². The molecule has 0 saturated heterocycles. The number of carboxylic acids is 1. The molecule has 132 valence electrons. The highest BCUT2D eigenvalue weighted by molar-refractivity contribution is 6.44. The van der Waals surface area contributed by atoms with Gasteiger partial charge in [-0.05, 0) is 24.6 Å². The molecule has 7 nitrogen and oxygen atoms in total. The first-order valence-corrected chi connectivity index (χ1v) is 8.10. The molecule has 1 aromatic heterocycles. The molecule has 0 aliphatic heterocycles. The van der Waals surface area contributed by atoms with Gasteiger partial charge < -0.3 is 10.4 Å². The molecule has 1 aromatic carbocycles. The summed E-state index contributed by atoms with van der Waals surface area (Å²) in [7, 11) is 0. The average Bonchev–Trinajstić information content (AvgIpc) is 2.84. The van der Waals surface area contributed by atoms with Gasteiger partial charge in [0, 0.05) is 6.42 Å². The Labute approximate surface area is 157 Å². The molecule has 10 heteroatoms. The summed E-state index contributed by atoms with van der Waals surface area (Å²) in [5.74, 6) is -2.54. The Balaban J connectivity index is 2.24. The number of aromatic nitrogens is 2. The van der Waals surface area contributed by atoms with Crippen LogP contribution >= 0.6 is 34.8 Å². The van der Waals surface area contributed by atoms with Crippen LogP contribution in [0.4, 0.5) is 5.69 Å². The van der Waals surface area contributed by atoms with Gasteiger partial charge in [-0.1, -0.05) is 40.9 Å². The third-order valence-corrected chi connectivity index (χ3v) is 4.27. The van der Waals surface area contributed by atoms with Crippen molar-refractivity contribution < 1.29 is 19.5 Å². The number of carboxylic acid groups (broad SMARTS) is 1. The molecule has 0 saturated carbocycles. The summed E-state index contributed by atoms with van der Waals surface area (Å²) in [6.45, 7) is 1.85. The van der Waals surface area contributed by atoms with Gasteiger partial charge in [0.1, 0.15) is 5.02 Å². The number of carbonyl (C=O) groups is 3. The minimum atomic E-state index is -1.14. The lowest BCUT2D eigenvalue weighted by molar-refractivity contribution is -0.137. The van der Waals surface area contributed by atoms with Crippen LogP contribution in [0.2, 0.25) is 15.2 Å². The van der Waals surface area contributed by atoms with E-state index in [2.05, 4.69) is 10.4 Å². The van der Waals surface area contributed by atoms with E-state index in [-0.39, 0.29) is 22.3 Å². The molecule has 0 atom stereocenters. The highest BCUT2D eigenvalue weighted by Crippen LogP contribution is 2.28. The standard InChI is InChI=1S/C15H12Cl3N3O4/c1-7-2-3-9(8(16)6-7)19-15(25)13-12(17)14(18)21(20-13)10(22)4-5-11(23)24/h2-3,6H,4-5H2,1H3,(H,19,25)(H,23,24). The molecule has 0 unspecified atom stereocenters. The number of hydrogen-bond donors (Lipinski definition) is 2. The molecule has 2 rings (SSSR count). The lowest BCUT2D eigenvalue weighted by Crippen LogP contribution is -2.17. The Morgan fingerprint density at radius 1 is 1.20 bits per heavy atom. The summed E-state index contributed by atoms with van der Waals surface area (Å²) in [6.07, 6.45) is -0.731. The Morgan fingerprint density at radius 2 is 1.88 bits per heavy atom. The molecule has 2 N–H and O–H groups in total. The smallest absolute Gasteiger partial charge is 0.303 e. The number of halogens is 3.